The SMILES string of the molecule is CC(=O)N1CCC(CN(CC(=O)O)C(C)C)CC1. The number of carboxylic acids is 1. The van der Waals surface area contributed by atoms with Gasteiger partial charge in [0, 0.05) is 32.6 Å². The van der Waals surface area contributed by atoms with Gasteiger partial charge in [-0.05, 0) is 32.6 Å². The highest BCUT2D eigenvalue weighted by atomic mass is 16.4. The first-order chi connectivity index (χ1) is 8.40. The van der Waals surface area contributed by atoms with Crippen LogP contribution in [-0.2, 0) is 9.59 Å². The summed E-state index contributed by atoms with van der Waals surface area (Å²) in [7, 11) is 0. The summed E-state index contributed by atoms with van der Waals surface area (Å²) in [6.07, 6.45) is 1.95. The average Bonchev–Trinajstić information content (AvgIpc) is 2.28. The normalized spacial score (nSPS) is 17.5. The summed E-state index contributed by atoms with van der Waals surface area (Å²) < 4.78 is 0. The van der Waals surface area contributed by atoms with Crippen molar-refractivity contribution < 1.29 is 14.7 Å². The Kier molecular flexibility index (Phi) is 5.59. The lowest BCUT2D eigenvalue weighted by molar-refractivity contribution is -0.139. The fourth-order valence-electron chi connectivity index (χ4n) is 2.39. The van der Waals surface area contributed by atoms with Crippen molar-refractivity contribution in [3.63, 3.8) is 0 Å². The Morgan fingerprint density at radius 2 is 1.89 bits per heavy atom. The molecule has 0 aromatic heterocycles. The van der Waals surface area contributed by atoms with Gasteiger partial charge in [-0.15, -0.1) is 0 Å². The third-order valence-corrected chi connectivity index (χ3v) is 3.62. The largest absolute Gasteiger partial charge is 0.480 e. The number of amides is 1. The Balaban J connectivity index is 2.42. The number of nitrogens with zero attached hydrogens (tertiary/aromatic N) is 2. The average molecular weight is 256 g/mol. The highest BCUT2D eigenvalue weighted by molar-refractivity contribution is 5.73. The highest BCUT2D eigenvalue weighted by Crippen LogP contribution is 2.19. The first-order valence-corrected chi connectivity index (χ1v) is 6.61. The summed E-state index contributed by atoms with van der Waals surface area (Å²) in [6.45, 7) is 8.17. The van der Waals surface area contributed by atoms with Gasteiger partial charge < -0.3 is 10.0 Å². The molecule has 0 saturated carbocycles. The molecule has 1 rings (SSSR count). The van der Waals surface area contributed by atoms with Crippen molar-refractivity contribution in [1.29, 1.82) is 0 Å². The van der Waals surface area contributed by atoms with E-state index in [1.807, 2.05) is 23.6 Å². The molecule has 0 spiro atoms. The van der Waals surface area contributed by atoms with Gasteiger partial charge in [-0.3, -0.25) is 14.5 Å². The standard InChI is InChI=1S/C13H24N2O3/c1-10(2)15(9-13(17)18)8-12-4-6-14(7-5-12)11(3)16/h10,12H,4-9H2,1-3H3,(H,17,18). The molecule has 0 unspecified atom stereocenters. The topological polar surface area (TPSA) is 60.9 Å². The van der Waals surface area contributed by atoms with Gasteiger partial charge in [-0.2, -0.15) is 0 Å². The van der Waals surface area contributed by atoms with E-state index in [2.05, 4.69) is 0 Å². The molecule has 1 aliphatic rings. The first kappa shape index (κ1) is 15.0. The van der Waals surface area contributed by atoms with Crippen molar-refractivity contribution >= 4 is 11.9 Å². The second kappa shape index (κ2) is 6.73. The van der Waals surface area contributed by atoms with E-state index < -0.39 is 5.97 Å². The van der Waals surface area contributed by atoms with Crippen molar-refractivity contribution in [1.82, 2.24) is 9.80 Å². The highest BCUT2D eigenvalue weighted by Gasteiger charge is 2.24. The third-order valence-electron chi connectivity index (χ3n) is 3.62. The zero-order valence-corrected chi connectivity index (χ0v) is 11.6. The maximum atomic E-state index is 11.2. The number of aliphatic carboxylic acids is 1. The van der Waals surface area contributed by atoms with Gasteiger partial charge in [-0.1, -0.05) is 0 Å². The van der Waals surface area contributed by atoms with Crippen LogP contribution in [0.15, 0.2) is 0 Å². The molecular formula is C13H24N2O3. The smallest absolute Gasteiger partial charge is 0.317 e. The van der Waals surface area contributed by atoms with Crippen molar-refractivity contribution in [3.05, 3.63) is 0 Å². The van der Waals surface area contributed by atoms with Crippen molar-refractivity contribution in [3.8, 4) is 0 Å². The van der Waals surface area contributed by atoms with E-state index in [0.717, 1.165) is 32.5 Å². The Hall–Kier alpha value is -1.10. The number of carbonyl (C=O) groups excluding carboxylic acids is 1. The van der Waals surface area contributed by atoms with Crippen molar-refractivity contribution in [2.45, 2.75) is 39.7 Å². The lowest BCUT2D eigenvalue weighted by atomic mass is 9.95. The van der Waals surface area contributed by atoms with Crippen LogP contribution in [0.4, 0.5) is 0 Å². The summed E-state index contributed by atoms with van der Waals surface area (Å²) in [5.41, 5.74) is 0. The Morgan fingerprint density at radius 1 is 1.33 bits per heavy atom. The van der Waals surface area contributed by atoms with E-state index in [1.165, 1.54) is 0 Å². The van der Waals surface area contributed by atoms with Crippen LogP contribution in [0, 0.1) is 5.92 Å². The second-order valence-corrected chi connectivity index (χ2v) is 5.37. The second-order valence-electron chi connectivity index (χ2n) is 5.37. The molecule has 5 nitrogen and oxygen atoms in total. The predicted octanol–water partition coefficient (Wildman–Crippen LogP) is 1.04. The number of hydrogen-bond donors (Lipinski definition) is 1. The molecule has 0 atom stereocenters. The molecule has 1 heterocycles. The number of carboxylic acid groups (broad SMARTS) is 1. The molecular weight excluding hydrogens is 232 g/mol. The number of piperidine rings is 1. The van der Waals surface area contributed by atoms with Gasteiger partial charge in [0.25, 0.3) is 0 Å². The summed E-state index contributed by atoms with van der Waals surface area (Å²) in [4.78, 5) is 25.9. The summed E-state index contributed by atoms with van der Waals surface area (Å²) in [6, 6.07) is 0.243. The van der Waals surface area contributed by atoms with Crippen molar-refractivity contribution in [2.24, 2.45) is 5.92 Å². The summed E-state index contributed by atoms with van der Waals surface area (Å²) in [5.74, 6) is -0.132. The third kappa shape index (κ3) is 4.64. The van der Waals surface area contributed by atoms with E-state index in [1.54, 1.807) is 6.92 Å². The lowest BCUT2D eigenvalue weighted by Gasteiger charge is -2.35. The molecule has 104 valence electrons. The molecule has 18 heavy (non-hydrogen) atoms. The van der Waals surface area contributed by atoms with Crippen LogP contribution >= 0.6 is 0 Å². The number of hydrogen-bond acceptors (Lipinski definition) is 3. The van der Waals surface area contributed by atoms with Crippen LogP contribution in [0.1, 0.15) is 33.6 Å². The van der Waals surface area contributed by atoms with Gasteiger partial charge in [0.1, 0.15) is 0 Å². The van der Waals surface area contributed by atoms with E-state index in [-0.39, 0.29) is 18.5 Å². The van der Waals surface area contributed by atoms with Gasteiger partial charge in [0.2, 0.25) is 5.91 Å². The van der Waals surface area contributed by atoms with E-state index in [9.17, 15) is 9.59 Å². The monoisotopic (exact) mass is 256 g/mol. The predicted molar refractivity (Wildman–Crippen MR) is 69.3 cm³/mol. The summed E-state index contributed by atoms with van der Waals surface area (Å²) >= 11 is 0. The molecule has 1 saturated heterocycles. The zero-order chi connectivity index (χ0) is 13.7. The van der Waals surface area contributed by atoms with Gasteiger partial charge in [0.15, 0.2) is 0 Å². The zero-order valence-electron chi connectivity index (χ0n) is 11.6. The van der Waals surface area contributed by atoms with Crippen molar-refractivity contribution in [2.75, 3.05) is 26.2 Å². The Bertz CT molecular complexity index is 297. The molecule has 0 radical (unpaired) electrons. The van der Waals surface area contributed by atoms with E-state index in [4.69, 9.17) is 5.11 Å². The molecule has 0 aromatic rings. The fraction of sp³-hybridized carbons (Fsp3) is 0.846. The minimum absolute atomic E-state index is 0.102. The van der Waals surface area contributed by atoms with E-state index in [0.29, 0.717) is 5.92 Å². The van der Waals surface area contributed by atoms with Gasteiger partial charge in [0.05, 0.1) is 6.54 Å². The van der Waals surface area contributed by atoms with E-state index >= 15 is 0 Å². The minimum atomic E-state index is -0.773. The minimum Gasteiger partial charge on any atom is -0.480 e. The number of carbonyl (C=O) groups is 2. The maximum Gasteiger partial charge on any atom is 0.317 e. The Labute approximate surface area is 109 Å². The Morgan fingerprint density at radius 3 is 2.28 bits per heavy atom. The summed E-state index contributed by atoms with van der Waals surface area (Å²) in [5, 5.41) is 8.88. The lowest BCUT2D eigenvalue weighted by Crippen LogP contribution is -2.43. The number of rotatable bonds is 5. The molecule has 0 bridgehead atoms. The van der Waals surface area contributed by atoms with Crippen LogP contribution in [0.2, 0.25) is 0 Å². The van der Waals surface area contributed by atoms with Crippen LogP contribution in [0.25, 0.3) is 0 Å². The molecule has 1 fully saturated rings. The molecule has 0 aliphatic carbocycles. The molecule has 1 amide bonds. The van der Waals surface area contributed by atoms with Crippen LogP contribution in [-0.4, -0.2) is 59.0 Å². The van der Waals surface area contributed by atoms with Crippen LogP contribution < -0.4 is 0 Å². The van der Waals surface area contributed by atoms with Crippen LogP contribution in [0.5, 0.6) is 0 Å². The fourth-order valence-corrected chi connectivity index (χ4v) is 2.39. The van der Waals surface area contributed by atoms with Crippen LogP contribution in [0.3, 0.4) is 0 Å². The van der Waals surface area contributed by atoms with Gasteiger partial charge >= 0.3 is 5.97 Å². The molecule has 5 heteroatoms. The molecule has 1 N–H and O–H groups in total. The first-order valence-electron chi connectivity index (χ1n) is 6.61. The quantitative estimate of drug-likeness (QED) is 0.798. The van der Waals surface area contributed by atoms with Gasteiger partial charge in [-0.25, -0.2) is 0 Å². The molecule has 1 aliphatic heterocycles. The number of likely N-dealkylation sites (tertiary alicyclic amines) is 1. The molecule has 0 aromatic carbocycles. The maximum absolute atomic E-state index is 11.2.